The molecule has 34 heavy (non-hydrogen) atoms. The molecule has 0 bridgehead atoms. The van der Waals surface area contributed by atoms with Crippen LogP contribution in [-0.2, 0) is 9.59 Å². The molecule has 2 aromatic rings. The summed E-state index contributed by atoms with van der Waals surface area (Å²) in [4.78, 5) is 29.7. The Hall–Kier alpha value is -3.52. The summed E-state index contributed by atoms with van der Waals surface area (Å²) in [6.07, 6.45) is 0.885. The van der Waals surface area contributed by atoms with E-state index in [1.54, 1.807) is 18.2 Å². The molecule has 1 atom stereocenters. The molecule has 1 aliphatic heterocycles. The molecule has 3 rings (SSSR count). The quantitative estimate of drug-likeness (QED) is 0.324. The second-order valence-electron chi connectivity index (χ2n) is 8.28. The van der Waals surface area contributed by atoms with Crippen molar-refractivity contribution in [1.29, 1.82) is 0 Å². The van der Waals surface area contributed by atoms with Crippen molar-refractivity contribution in [3.8, 4) is 17.2 Å². The van der Waals surface area contributed by atoms with Gasteiger partial charge in [-0.1, -0.05) is 19.1 Å². The van der Waals surface area contributed by atoms with Crippen LogP contribution in [0.4, 0.5) is 0 Å². The molecule has 1 amide bonds. The molecule has 8 nitrogen and oxygen atoms in total. The monoisotopic (exact) mass is 468 g/mol. The summed E-state index contributed by atoms with van der Waals surface area (Å²) >= 11 is 0. The van der Waals surface area contributed by atoms with Crippen LogP contribution in [0.1, 0.15) is 30.5 Å². The van der Waals surface area contributed by atoms with Crippen LogP contribution >= 0.6 is 0 Å². The Labute approximate surface area is 200 Å². The van der Waals surface area contributed by atoms with Gasteiger partial charge in [0.05, 0.1) is 38.0 Å². The summed E-state index contributed by atoms with van der Waals surface area (Å²) in [5, 5.41) is 11.3. The number of methoxy groups -OCH3 is 2. The van der Waals surface area contributed by atoms with Crippen LogP contribution in [0.15, 0.2) is 48.0 Å². The zero-order valence-electron chi connectivity index (χ0n) is 20.3. The largest absolute Gasteiger partial charge is 0.507 e. The van der Waals surface area contributed by atoms with E-state index in [0.29, 0.717) is 48.1 Å². The predicted molar refractivity (Wildman–Crippen MR) is 129 cm³/mol. The number of hydrogen-bond donors (Lipinski definition) is 1. The lowest BCUT2D eigenvalue weighted by Gasteiger charge is -2.26. The molecule has 1 unspecified atom stereocenters. The Kier molecular flexibility index (Phi) is 8.17. The number of hydrogen-bond acceptors (Lipinski definition) is 7. The van der Waals surface area contributed by atoms with E-state index >= 15 is 0 Å². The van der Waals surface area contributed by atoms with Crippen LogP contribution in [0.5, 0.6) is 17.2 Å². The van der Waals surface area contributed by atoms with Gasteiger partial charge in [0.25, 0.3) is 11.7 Å². The van der Waals surface area contributed by atoms with Gasteiger partial charge in [0, 0.05) is 19.2 Å². The Morgan fingerprint density at radius 3 is 2.29 bits per heavy atom. The van der Waals surface area contributed by atoms with Crippen LogP contribution in [0.2, 0.25) is 0 Å². The van der Waals surface area contributed by atoms with Crippen LogP contribution in [-0.4, -0.2) is 74.6 Å². The minimum absolute atomic E-state index is 0.0226. The van der Waals surface area contributed by atoms with Crippen molar-refractivity contribution >= 4 is 17.4 Å². The second-order valence-corrected chi connectivity index (χ2v) is 8.28. The summed E-state index contributed by atoms with van der Waals surface area (Å²) in [7, 11) is 6.79. The number of likely N-dealkylation sites (N-methyl/N-ethyl adjacent to an activating group) is 1. The van der Waals surface area contributed by atoms with Gasteiger partial charge in [-0.3, -0.25) is 9.59 Å². The number of likely N-dealkylation sites (tertiary alicyclic amines) is 1. The summed E-state index contributed by atoms with van der Waals surface area (Å²) in [5.74, 6) is -0.0933. The first kappa shape index (κ1) is 25.1. The fourth-order valence-corrected chi connectivity index (χ4v) is 3.87. The maximum atomic E-state index is 13.2. The molecule has 0 radical (unpaired) electrons. The third-order valence-electron chi connectivity index (χ3n) is 5.66. The SMILES string of the molecule is CCCOc1ccc(C2/C(=C(/O)c3ccc(OC)cc3OC)C(=O)C(=O)N2CCN(C)C)cc1. The molecule has 8 heteroatoms. The third kappa shape index (κ3) is 5.17. The van der Waals surface area contributed by atoms with Gasteiger partial charge in [0.15, 0.2) is 0 Å². The van der Waals surface area contributed by atoms with Crippen LogP contribution in [0.25, 0.3) is 5.76 Å². The first-order valence-corrected chi connectivity index (χ1v) is 11.2. The fourth-order valence-electron chi connectivity index (χ4n) is 3.87. The van der Waals surface area contributed by atoms with Crippen molar-refractivity contribution in [2.75, 3.05) is 48.0 Å². The van der Waals surface area contributed by atoms with Crippen LogP contribution in [0.3, 0.4) is 0 Å². The summed E-state index contributed by atoms with van der Waals surface area (Å²) < 4.78 is 16.3. The lowest BCUT2D eigenvalue weighted by molar-refractivity contribution is -0.140. The minimum Gasteiger partial charge on any atom is -0.507 e. The van der Waals surface area contributed by atoms with E-state index in [1.165, 1.54) is 19.1 Å². The van der Waals surface area contributed by atoms with Crippen LogP contribution in [0, 0.1) is 0 Å². The van der Waals surface area contributed by atoms with E-state index in [1.807, 2.05) is 50.2 Å². The van der Waals surface area contributed by atoms with Gasteiger partial charge < -0.3 is 29.1 Å². The highest BCUT2D eigenvalue weighted by Gasteiger charge is 2.46. The van der Waals surface area contributed by atoms with E-state index in [-0.39, 0.29) is 11.3 Å². The average Bonchev–Trinajstić information content (AvgIpc) is 3.10. The number of rotatable bonds is 10. The van der Waals surface area contributed by atoms with Gasteiger partial charge in [0.2, 0.25) is 0 Å². The van der Waals surface area contributed by atoms with Crippen molar-refractivity contribution < 1.29 is 28.9 Å². The molecule has 0 aromatic heterocycles. The molecule has 1 heterocycles. The molecule has 1 aliphatic rings. The van der Waals surface area contributed by atoms with Crippen molar-refractivity contribution in [2.45, 2.75) is 19.4 Å². The zero-order valence-corrected chi connectivity index (χ0v) is 20.3. The number of Topliss-reactive ketones (excluding diaryl/α,β-unsaturated/α-hetero) is 1. The Bertz CT molecular complexity index is 1060. The molecule has 0 saturated carbocycles. The smallest absolute Gasteiger partial charge is 0.295 e. The lowest BCUT2D eigenvalue weighted by atomic mass is 9.95. The summed E-state index contributed by atoms with van der Waals surface area (Å²) in [6.45, 7) is 3.51. The van der Waals surface area contributed by atoms with Crippen molar-refractivity contribution in [3.63, 3.8) is 0 Å². The molecule has 182 valence electrons. The van der Waals surface area contributed by atoms with Crippen molar-refractivity contribution in [3.05, 3.63) is 59.2 Å². The van der Waals surface area contributed by atoms with Gasteiger partial charge >= 0.3 is 0 Å². The number of carbonyl (C=O) groups excluding carboxylic acids is 2. The predicted octanol–water partition coefficient (Wildman–Crippen LogP) is 3.48. The molecule has 1 N–H and O–H groups in total. The van der Waals surface area contributed by atoms with Gasteiger partial charge in [-0.15, -0.1) is 0 Å². The van der Waals surface area contributed by atoms with Gasteiger partial charge in [-0.2, -0.15) is 0 Å². The minimum atomic E-state index is -0.744. The number of carbonyl (C=O) groups is 2. The molecule has 0 aliphatic carbocycles. The number of nitrogens with zero attached hydrogens (tertiary/aromatic N) is 2. The molecule has 1 saturated heterocycles. The maximum absolute atomic E-state index is 13.2. The molecule has 0 spiro atoms. The second kappa shape index (κ2) is 11.1. The molecule has 2 aromatic carbocycles. The number of aliphatic hydroxyl groups is 1. The first-order valence-electron chi connectivity index (χ1n) is 11.2. The summed E-state index contributed by atoms with van der Waals surface area (Å²) in [6, 6.07) is 11.4. The number of aliphatic hydroxyl groups excluding tert-OH is 1. The zero-order chi connectivity index (χ0) is 24.8. The van der Waals surface area contributed by atoms with E-state index in [0.717, 1.165) is 6.42 Å². The fraction of sp³-hybridized carbons (Fsp3) is 0.385. The Balaban J connectivity index is 2.13. The standard InChI is InChI=1S/C26H32N2O6/c1-6-15-34-18-9-7-17(8-10-18)23-22(25(30)26(31)28(23)14-13-27(2)3)24(29)20-12-11-19(32-4)16-21(20)33-5/h7-12,16,23,29H,6,13-15H2,1-5H3/b24-22-. The number of ketones is 1. The van der Waals surface area contributed by atoms with E-state index < -0.39 is 17.7 Å². The lowest BCUT2D eigenvalue weighted by Crippen LogP contribution is -2.35. The van der Waals surface area contributed by atoms with Gasteiger partial charge in [-0.05, 0) is 50.3 Å². The van der Waals surface area contributed by atoms with Crippen molar-refractivity contribution in [2.24, 2.45) is 0 Å². The molecular formula is C26H32N2O6. The van der Waals surface area contributed by atoms with Crippen LogP contribution < -0.4 is 14.2 Å². The van der Waals surface area contributed by atoms with E-state index in [4.69, 9.17) is 14.2 Å². The first-order chi connectivity index (χ1) is 16.3. The molecule has 1 fully saturated rings. The number of amides is 1. The average molecular weight is 469 g/mol. The normalized spacial score (nSPS) is 17.4. The Morgan fingerprint density at radius 1 is 1.03 bits per heavy atom. The highest BCUT2D eigenvalue weighted by molar-refractivity contribution is 6.46. The van der Waals surface area contributed by atoms with E-state index in [9.17, 15) is 14.7 Å². The summed E-state index contributed by atoms with van der Waals surface area (Å²) in [5.41, 5.74) is 1.03. The number of benzene rings is 2. The van der Waals surface area contributed by atoms with E-state index in [2.05, 4.69) is 0 Å². The third-order valence-corrected chi connectivity index (χ3v) is 5.66. The molecular weight excluding hydrogens is 436 g/mol. The Morgan fingerprint density at radius 2 is 1.71 bits per heavy atom. The van der Waals surface area contributed by atoms with Gasteiger partial charge in [0.1, 0.15) is 23.0 Å². The number of ether oxygens (including phenoxy) is 3. The highest BCUT2D eigenvalue weighted by Crippen LogP contribution is 2.41. The van der Waals surface area contributed by atoms with Gasteiger partial charge in [-0.25, -0.2) is 0 Å². The maximum Gasteiger partial charge on any atom is 0.295 e. The van der Waals surface area contributed by atoms with Crippen molar-refractivity contribution in [1.82, 2.24) is 9.80 Å². The highest BCUT2D eigenvalue weighted by atomic mass is 16.5. The topological polar surface area (TPSA) is 88.5 Å².